The van der Waals surface area contributed by atoms with E-state index >= 15 is 0 Å². The molecule has 0 bridgehead atoms. The second-order valence-electron chi connectivity index (χ2n) is 5.48. The second-order valence-corrected chi connectivity index (χ2v) is 8.09. The van der Waals surface area contributed by atoms with Crippen LogP contribution in [0.1, 0.15) is 37.2 Å². The van der Waals surface area contributed by atoms with E-state index in [0.29, 0.717) is 9.90 Å². The van der Waals surface area contributed by atoms with Crippen LogP contribution in [0.5, 0.6) is 0 Å². The fourth-order valence-electron chi connectivity index (χ4n) is 2.37. The lowest BCUT2D eigenvalue weighted by atomic mass is 10.2. The highest BCUT2D eigenvalue weighted by Gasteiger charge is 2.17. The number of hydrogen-bond donors (Lipinski definition) is 3. The minimum absolute atomic E-state index is 0.194. The van der Waals surface area contributed by atoms with Gasteiger partial charge in [0.2, 0.25) is 0 Å². The molecule has 3 N–H and O–H groups in total. The van der Waals surface area contributed by atoms with Crippen molar-refractivity contribution in [2.75, 3.05) is 0 Å². The van der Waals surface area contributed by atoms with E-state index in [9.17, 15) is 9.59 Å². The number of carbonyl (C=O) groups is 2. The van der Waals surface area contributed by atoms with Crippen molar-refractivity contribution in [2.45, 2.75) is 13.0 Å². The summed E-state index contributed by atoms with van der Waals surface area (Å²) in [6, 6.07) is 14.4. The van der Waals surface area contributed by atoms with Gasteiger partial charge in [0.15, 0.2) is 0 Å². The van der Waals surface area contributed by atoms with Crippen molar-refractivity contribution >= 4 is 46.1 Å². The maximum Gasteiger partial charge on any atom is 0.284 e. The quantitative estimate of drug-likeness (QED) is 0.423. The summed E-state index contributed by atoms with van der Waals surface area (Å²) in [5, 5.41) is 12.2. The molecule has 2 aromatic heterocycles. The van der Waals surface area contributed by atoms with Crippen molar-refractivity contribution in [3.63, 3.8) is 0 Å². The second kappa shape index (κ2) is 8.01. The molecule has 0 aliphatic heterocycles. The van der Waals surface area contributed by atoms with E-state index < -0.39 is 5.91 Å². The summed E-state index contributed by atoms with van der Waals surface area (Å²) in [5.74, 6) is -0.906. The average molecular weight is 407 g/mol. The summed E-state index contributed by atoms with van der Waals surface area (Å²) < 4.78 is 0. The van der Waals surface area contributed by atoms with Crippen molar-refractivity contribution in [3.8, 4) is 10.4 Å². The van der Waals surface area contributed by atoms with E-state index in [1.54, 1.807) is 22.9 Å². The molecule has 1 aromatic carbocycles. The van der Waals surface area contributed by atoms with Crippen molar-refractivity contribution < 1.29 is 14.8 Å². The predicted molar refractivity (Wildman–Crippen MR) is 104 cm³/mol. The SMILES string of the molecule is CC(NC(=O)c1ccc(C(=O)NO)s1)c1ccc(-c2ccccc2Cl)s1. The van der Waals surface area contributed by atoms with E-state index in [0.717, 1.165) is 26.7 Å². The van der Waals surface area contributed by atoms with Crippen LogP contribution < -0.4 is 10.8 Å². The van der Waals surface area contributed by atoms with Gasteiger partial charge in [0, 0.05) is 20.3 Å². The average Bonchev–Trinajstić information content (AvgIpc) is 3.31. The zero-order chi connectivity index (χ0) is 18.7. The molecule has 0 fully saturated rings. The van der Waals surface area contributed by atoms with Crippen molar-refractivity contribution in [1.29, 1.82) is 0 Å². The summed E-state index contributed by atoms with van der Waals surface area (Å²) in [4.78, 5) is 26.4. The zero-order valence-corrected chi connectivity index (χ0v) is 16.0. The van der Waals surface area contributed by atoms with Gasteiger partial charge in [0.1, 0.15) is 0 Å². The van der Waals surface area contributed by atoms with Gasteiger partial charge in [0.25, 0.3) is 11.8 Å². The number of halogens is 1. The smallest absolute Gasteiger partial charge is 0.284 e. The monoisotopic (exact) mass is 406 g/mol. The van der Waals surface area contributed by atoms with E-state index in [-0.39, 0.29) is 16.8 Å². The highest BCUT2D eigenvalue weighted by molar-refractivity contribution is 7.16. The molecule has 2 heterocycles. The maximum atomic E-state index is 12.4. The van der Waals surface area contributed by atoms with Gasteiger partial charge in [0.05, 0.1) is 15.8 Å². The first kappa shape index (κ1) is 18.6. The van der Waals surface area contributed by atoms with Crippen molar-refractivity contribution in [3.05, 3.63) is 68.2 Å². The molecule has 134 valence electrons. The summed E-state index contributed by atoms with van der Waals surface area (Å²) in [6.45, 7) is 1.90. The number of hydrogen-bond acceptors (Lipinski definition) is 5. The predicted octanol–water partition coefficient (Wildman–Crippen LogP) is 4.74. The first-order valence-corrected chi connectivity index (χ1v) is 9.70. The van der Waals surface area contributed by atoms with E-state index in [1.165, 1.54) is 6.07 Å². The van der Waals surface area contributed by atoms with Crippen LogP contribution in [-0.2, 0) is 0 Å². The largest absolute Gasteiger partial charge is 0.344 e. The van der Waals surface area contributed by atoms with Gasteiger partial charge in [-0.1, -0.05) is 29.8 Å². The Labute approximate surface area is 163 Å². The van der Waals surface area contributed by atoms with Crippen LogP contribution in [-0.4, -0.2) is 17.0 Å². The molecule has 26 heavy (non-hydrogen) atoms. The van der Waals surface area contributed by atoms with E-state index in [1.807, 2.05) is 43.3 Å². The van der Waals surface area contributed by atoms with Crippen LogP contribution in [0.25, 0.3) is 10.4 Å². The van der Waals surface area contributed by atoms with Crippen LogP contribution in [0.2, 0.25) is 5.02 Å². The molecular formula is C18H15ClN2O3S2. The molecule has 5 nitrogen and oxygen atoms in total. The molecule has 3 aromatic rings. The third kappa shape index (κ3) is 3.96. The number of rotatable bonds is 5. The van der Waals surface area contributed by atoms with Crippen LogP contribution in [0, 0.1) is 0 Å². The molecule has 1 unspecified atom stereocenters. The molecule has 0 saturated heterocycles. The Hall–Kier alpha value is -2.19. The number of benzene rings is 1. The Bertz CT molecular complexity index is 951. The molecule has 0 radical (unpaired) electrons. The van der Waals surface area contributed by atoms with E-state index in [2.05, 4.69) is 5.32 Å². The van der Waals surface area contributed by atoms with Gasteiger partial charge in [-0.25, -0.2) is 5.48 Å². The van der Waals surface area contributed by atoms with Crippen LogP contribution in [0.3, 0.4) is 0 Å². The summed E-state index contributed by atoms with van der Waals surface area (Å²) in [7, 11) is 0. The van der Waals surface area contributed by atoms with Crippen LogP contribution in [0.15, 0.2) is 48.5 Å². The first-order valence-electron chi connectivity index (χ1n) is 7.69. The molecule has 0 spiro atoms. The summed E-state index contributed by atoms with van der Waals surface area (Å²) in [6.07, 6.45) is 0. The van der Waals surface area contributed by atoms with Crippen LogP contribution in [0.4, 0.5) is 0 Å². The Kier molecular flexibility index (Phi) is 5.73. The molecule has 1 atom stereocenters. The first-order chi connectivity index (χ1) is 12.5. The normalized spacial score (nSPS) is 11.8. The number of nitrogens with one attached hydrogen (secondary N) is 2. The summed E-state index contributed by atoms with van der Waals surface area (Å²) >= 11 is 8.82. The topological polar surface area (TPSA) is 78.4 Å². The van der Waals surface area contributed by atoms with E-state index in [4.69, 9.17) is 16.8 Å². The van der Waals surface area contributed by atoms with Crippen molar-refractivity contribution in [2.24, 2.45) is 0 Å². The molecule has 3 rings (SSSR count). The Morgan fingerprint density at radius 2 is 1.69 bits per heavy atom. The zero-order valence-electron chi connectivity index (χ0n) is 13.7. The van der Waals surface area contributed by atoms with Gasteiger partial charge in [-0.3, -0.25) is 14.8 Å². The molecule has 0 aliphatic carbocycles. The number of thiophene rings is 2. The Morgan fingerprint density at radius 3 is 2.38 bits per heavy atom. The Morgan fingerprint density at radius 1 is 1.00 bits per heavy atom. The number of amides is 2. The molecule has 8 heteroatoms. The fourth-order valence-corrected chi connectivity index (χ4v) is 4.51. The minimum atomic E-state index is -0.635. The standard InChI is InChI=1S/C18H15ClN2O3S2/c1-10(20-17(22)15-8-9-16(26-15)18(23)21-24)13-6-7-14(25-13)11-4-2-3-5-12(11)19/h2-10,24H,1H3,(H,20,22)(H,21,23). The highest BCUT2D eigenvalue weighted by Crippen LogP contribution is 2.35. The van der Waals surface area contributed by atoms with Gasteiger partial charge in [-0.05, 0) is 37.3 Å². The maximum absolute atomic E-state index is 12.4. The summed E-state index contributed by atoms with van der Waals surface area (Å²) in [5.41, 5.74) is 2.51. The lowest BCUT2D eigenvalue weighted by molar-refractivity contribution is 0.0711. The lowest BCUT2D eigenvalue weighted by Gasteiger charge is -2.11. The van der Waals surface area contributed by atoms with Crippen molar-refractivity contribution in [1.82, 2.24) is 10.8 Å². The minimum Gasteiger partial charge on any atom is -0.344 e. The van der Waals surface area contributed by atoms with Gasteiger partial charge < -0.3 is 5.32 Å². The number of carbonyl (C=O) groups excluding carboxylic acids is 2. The third-order valence-electron chi connectivity index (χ3n) is 3.70. The fraction of sp³-hybridized carbons (Fsp3) is 0.111. The third-order valence-corrected chi connectivity index (χ3v) is 6.41. The molecule has 0 aliphatic rings. The molecule has 2 amide bonds. The lowest BCUT2D eigenvalue weighted by Crippen LogP contribution is -2.25. The highest BCUT2D eigenvalue weighted by atomic mass is 35.5. The molecule has 0 saturated carbocycles. The van der Waals surface area contributed by atoms with Crippen LogP contribution >= 0.6 is 34.3 Å². The molecular weight excluding hydrogens is 392 g/mol. The van der Waals surface area contributed by atoms with Gasteiger partial charge in [-0.2, -0.15) is 0 Å². The van der Waals surface area contributed by atoms with Gasteiger partial charge in [-0.15, -0.1) is 22.7 Å². The van der Waals surface area contributed by atoms with Gasteiger partial charge >= 0.3 is 0 Å². The number of hydroxylamine groups is 1. The Balaban J connectivity index is 1.71.